The van der Waals surface area contributed by atoms with Crippen LogP contribution in [0.2, 0.25) is 0 Å². The molecule has 0 atom stereocenters. The van der Waals surface area contributed by atoms with Gasteiger partial charge in [-0.15, -0.1) is 0 Å². The Morgan fingerprint density at radius 2 is 0.913 bits per heavy atom. The van der Waals surface area contributed by atoms with E-state index in [0.29, 0.717) is 0 Å². The lowest BCUT2D eigenvalue weighted by molar-refractivity contribution is 0.193. The molecule has 0 amide bonds. The van der Waals surface area contributed by atoms with Crippen LogP contribution >= 0.6 is 23.8 Å². The fourth-order valence-electron chi connectivity index (χ4n) is 2.68. The summed E-state index contributed by atoms with van der Waals surface area (Å²) >= 11 is 3.47. The van der Waals surface area contributed by atoms with Crippen LogP contribution in [0, 0.1) is 0 Å². The van der Waals surface area contributed by atoms with Gasteiger partial charge in [-0.2, -0.15) is 0 Å². The van der Waals surface area contributed by atoms with E-state index in [2.05, 4.69) is 20.5 Å². The molecule has 140 valence electrons. The summed E-state index contributed by atoms with van der Waals surface area (Å²) in [5.41, 5.74) is 0. The summed E-state index contributed by atoms with van der Waals surface area (Å²) in [6.45, 7) is 0.167. The van der Waals surface area contributed by atoms with E-state index in [1.54, 1.807) is 0 Å². The maximum atomic E-state index is 10.5. The third kappa shape index (κ3) is 22.6. The SMILES string of the molecule is O=P(O)(O)OCCCCCCCCCCCCCCCCCBr. The zero-order valence-corrected chi connectivity index (χ0v) is 17.0. The number of phosphoric acid groups is 1. The average molecular weight is 415 g/mol. The van der Waals surface area contributed by atoms with Gasteiger partial charge in [0.2, 0.25) is 0 Å². The zero-order valence-electron chi connectivity index (χ0n) is 14.6. The minimum absolute atomic E-state index is 0.167. The number of alkyl halides is 1. The van der Waals surface area contributed by atoms with Gasteiger partial charge in [-0.3, -0.25) is 4.52 Å². The smallest absolute Gasteiger partial charge is 0.303 e. The second kappa shape index (κ2) is 17.4. The van der Waals surface area contributed by atoms with Gasteiger partial charge < -0.3 is 9.79 Å². The van der Waals surface area contributed by atoms with Crippen LogP contribution in [0.15, 0.2) is 0 Å². The molecule has 0 heterocycles. The number of rotatable bonds is 18. The van der Waals surface area contributed by atoms with E-state index in [1.807, 2.05) is 0 Å². The third-order valence-corrected chi connectivity index (χ3v) is 5.12. The molecular weight excluding hydrogens is 379 g/mol. The Labute approximate surface area is 151 Å². The molecule has 0 aliphatic rings. The monoisotopic (exact) mass is 414 g/mol. The molecule has 0 spiro atoms. The first-order chi connectivity index (χ1) is 11.1. The highest BCUT2D eigenvalue weighted by Crippen LogP contribution is 2.35. The van der Waals surface area contributed by atoms with Gasteiger partial charge in [0.1, 0.15) is 0 Å². The van der Waals surface area contributed by atoms with Gasteiger partial charge in [-0.1, -0.05) is 99.4 Å². The van der Waals surface area contributed by atoms with Crippen LogP contribution in [0.5, 0.6) is 0 Å². The summed E-state index contributed by atoms with van der Waals surface area (Å²) in [6.07, 6.45) is 19.1. The topological polar surface area (TPSA) is 66.8 Å². The lowest BCUT2D eigenvalue weighted by Crippen LogP contribution is -1.92. The van der Waals surface area contributed by atoms with Crippen molar-refractivity contribution >= 4 is 23.8 Å². The Kier molecular flexibility index (Phi) is 17.9. The second-order valence-corrected chi connectivity index (χ2v) is 8.35. The van der Waals surface area contributed by atoms with Gasteiger partial charge in [0.25, 0.3) is 0 Å². The molecule has 0 aliphatic heterocycles. The summed E-state index contributed by atoms with van der Waals surface area (Å²) in [6, 6.07) is 0. The summed E-state index contributed by atoms with van der Waals surface area (Å²) < 4.78 is 14.9. The third-order valence-electron chi connectivity index (χ3n) is 4.04. The number of halogens is 1. The second-order valence-electron chi connectivity index (χ2n) is 6.32. The summed E-state index contributed by atoms with van der Waals surface area (Å²) in [4.78, 5) is 17.1. The maximum Gasteiger partial charge on any atom is 0.469 e. The molecule has 0 fully saturated rings. The van der Waals surface area contributed by atoms with Crippen LogP contribution in [0.4, 0.5) is 0 Å². The molecular formula is C17H36BrO4P. The highest BCUT2D eigenvalue weighted by Gasteiger charge is 2.12. The first-order valence-electron chi connectivity index (χ1n) is 9.32. The maximum absolute atomic E-state index is 10.5. The summed E-state index contributed by atoms with van der Waals surface area (Å²) in [5.74, 6) is 0. The molecule has 0 aromatic heterocycles. The van der Waals surface area contributed by atoms with Gasteiger partial charge in [0, 0.05) is 5.33 Å². The molecule has 0 unspecified atom stereocenters. The fraction of sp³-hybridized carbons (Fsp3) is 1.00. The van der Waals surface area contributed by atoms with Crippen molar-refractivity contribution in [3.63, 3.8) is 0 Å². The predicted molar refractivity (Wildman–Crippen MR) is 101 cm³/mol. The predicted octanol–water partition coefficient (Wildman–Crippen LogP) is 6.34. The Morgan fingerprint density at radius 1 is 0.609 bits per heavy atom. The molecule has 0 rings (SSSR count). The summed E-state index contributed by atoms with van der Waals surface area (Å²) in [7, 11) is -4.26. The lowest BCUT2D eigenvalue weighted by Gasteiger charge is -2.05. The van der Waals surface area contributed by atoms with Crippen LogP contribution in [0.25, 0.3) is 0 Å². The Bertz CT molecular complexity index is 284. The lowest BCUT2D eigenvalue weighted by atomic mass is 10.0. The largest absolute Gasteiger partial charge is 0.469 e. The zero-order chi connectivity index (χ0) is 17.2. The molecule has 0 bridgehead atoms. The molecule has 0 radical (unpaired) electrons. The molecule has 0 aliphatic carbocycles. The minimum atomic E-state index is -4.26. The quantitative estimate of drug-likeness (QED) is 0.156. The molecule has 6 heteroatoms. The standard InChI is InChI=1S/C17H36BrO4P/c18-16-14-12-10-8-6-4-2-1-3-5-7-9-11-13-15-17-22-23(19,20)21/h1-17H2,(H2,19,20,21). The van der Waals surface area contributed by atoms with E-state index in [9.17, 15) is 4.57 Å². The van der Waals surface area contributed by atoms with E-state index in [-0.39, 0.29) is 6.61 Å². The van der Waals surface area contributed by atoms with Gasteiger partial charge in [-0.25, -0.2) is 4.57 Å². The minimum Gasteiger partial charge on any atom is -0.303 e. The van der Waals surface area contributed by atoms with Gasteiger partial charge in [-0.05, 0) is 12.8 Å². The van der Waals surface area contributed by atoms with E-state index < -0.39 is 7.82 Å². The number of unbranched alkanes of at least 4 members (excludes halogenated alkanes) is 14. The van der Waals surface area contributed by atoms with Gasteiger partial charge in [0.05, 0.1) is 6.61 Å². The molecule has 23 heavy (non-hydrogen) atoms. The highest BCUT2D eigenvalue weighted by molar-refractivity contribution is 9.09. The molecule has 0 aromatic carbocycles. The van der Waals surface area contributed by atoms with Crippen LogP contribution < -0.4 is 0 Å². The molecule has 2 N–H and O–H groups in total. The van der Waals surface area contributed by atoms with Crippen molar-refractivity contribution in [2.45, 2.75) is 96.3 Å². The number of hydrogen-bond donors (Lipinski definition) is 2. The van der Waals surface area contributed by atoms with Crippen LogP contribution in [-0.2, 0) is 9.09 Å². The van der Waals surface area contributed by atoms with Crippen LogP contribution in [-0.4, -0.2) is 21.7 Å². The first kappa shape index (κ1) is 23.6. The molecule has 0 aromatic rings. The Hall–Kier alpha value is 0.590. The summed E-state index contributed by atoms with van der Waals surface area (Å²) in [5, 5.41) is 1.15. The molecule has 0 saturated heterocycles. The van der Waals surface area contributed by atoms with Crippen molar-refractivity contribution in [1.29, 1.82) is 0 Å². The normalized spacial score (nSPS) is 12.0. The van der Waals surface area contributed by atoms with Gasteiger partial charge in [0.15, 0.2) is 0 Å². The van der Waals surface area contributed by atoms with E-state index in [4.69, 9.17) is 9.79 Å². The number of hydrogen-bond acceptors (Lipinski definition) is 2. The first-order valence-corrected chi connectivity index (χ1v) is 12.0. The van der Waals surface area contributed by atoms with Crippen molar-refractivity contribution < 1.29 is 18.9 Å². The van der Waals surface area contributed by atoms with E-state index in [0.717, 1.165) is 24.6 Å². The van der Waals surface area contributed by atoms with Crippen LogP contribution in [0.1, 0.15) is 96.3 Å². The van der Waals surface area contributed by atoms with E-state index in [1.165, 1.54) is 77.0 Å². The Balaban J connectivity index is 3.01. The number of phosphoric ester groups is 1. The van der Waals surface area contributed by atoms with Crippen molar-refractivity contribution in [2.75, 3.05) is 11.9 Å². The Morgan fingerprint density at radius 3 is 1.22 bits per heavy atom. The fourth-order valence-corrected chi connectivity index (χ4v) is 3.44. The van der Waals surface area contributed by atoms with Crippen molar-refractivity contribution in [2.24, 2.45) is 0 Å². The van der Waals surface area contributed by atoms with E-state index >= 15 is 0 Å². The average Bonchev–Trinajstić information content (AvgIpc) is 2.49. The van der Waals surface area contributed by atoms with Crippen molar-refractivity contribution in [3.8, 4) is 0 Å². The molecule has 0 saturated carbocycles. The van der Waals surface area contributed by atoms with Gasteiger partial charge >= 0.3 is 7.82 Å². The van der Waals surface area contributed by atoms with Crippen molar-refractivity contribution in [3.05, 3.63) is 0 Å². The molecule has 4 nitrogen and oxygen atoms in total. The van der Waals surface area contributed by atoms with Crippen LogP contribution in [0.3, 0.4) is 0 Å². The highest BCUT2D eigenvalue weighted by atomic mass is 79.9. The van der Waals surface area contributed by atoms with Crippen molar-refractivity contribution in [1.82, 2.24) is 0 Å².